The van der Waals surface area contributed by atoms with Gasteiger partial charge in [0, 0.05) is 58.6 Å². The first-order chi connectivity index (χ1) is 31.5. The van der Waals surface area contributed by atoms with Gasteiger partial charge in [0.2, 0.25) is 11.8 Å². The van der Waals surface area contributed by atoms with Gasteiger partial charge in [0.05, 0.1) is 30.9 Å². The van der Waals surface area contributed by atoms with Crippen LogP contribution in [0, 0.1) is 0 Å². The molecule has 2 atom stereocenters. The minimum atomic E-state index is -1.34. The molecule has 2 unspecified atom stereocenters. The molecule has 0 fully saturated rings. The molecule has 2 N–H and O–H groups in total. The Balaban J connectivity index is 0.000000178. The number of aliphatic hydroxyl groups is 2. The molecule has 0 saturated carbocycles. The lowest BCUT2D eigenvalue weighted by Crippen LogP contribution is -2.33. The van der Waals surface area contributed by atoms with Crippen LogP contribution in [-0.4, -0.2) is 90.5 Å². The highest BCUT2D eigenvalue weighted by Gasteiger charge is 2.38. The van der Waals surface area contributed by atoms with Gasteiger partial charge in [-0.1, -0.05) is 109 Å². The third-order valence-corrected chi connectivity index (χ3v) is 11.9. The fourth-order valence-corrected chi connectivity index (χ4v) is 8.39. The summed E-state index contributed by atoms with van der Waals surface area (Å²) in [5.74, 6) is 1.64. The molecule has 0 saturated heterocycles. The lowest BCUT2D eigenvalue weighted by Gasteiger charge is -2.31. The van der Waals surface area contributed by atoms with E-state index in [-0.39, 0.29) is 0 Å². The maximum absolute atomic E-state index is 12.3. The van der Waals surface area contributed by atoms with Crippen molar-refractivity contribution in [1.29, 1.82) is 0 Å². The zero-order valence-electron chi connectivity index (χ0n) is 37.8. The van der Waals surface area contributed by atoms with Crippen LogP contribution in [0.15, 0.2) is 168 Å². The van der Waals surface area contributed by atoms with Crippen LogP contribution in [-0.2, 0) is 11.2 Å². The van der Waals surface area contributed by atoms with E-state index in [2.05, 4.69) is 26.9 Å². The topological polar surface area (TPSA) is 117 Å². The zero-order valence-corrected chi connectivity index (χ0v) is 37.8. The van der Waals surface area contributed by atoms with Crippen LogP contribution in [0.2, 0.25) is 0 Å². The lowest BCUT2D eigenvalue weighted by molar-refractivity contribution is 0.0438. The Kier molecular flexibility index (Phi) is 13.3. The highest BCUT2D eigenvalue weighted by Crippen LogP contribution is 2.43. The summed E-state index contributed by atoms with van der Waals surface area (Å²) in [4.78, 5) is 18.2. The molecule has 0 radical (unpaired) electrons. The third kappa shape index (κ3) is 9.34. The summed E-state index contributed by atoms with van der Waals surface area (Å²) >= 11 is 0. The first-order valence-electron chi connectivity index (χ1n) is 21.7. The van der Waals surface area contributed by atoms with Crippen LogP contribution >= 0.6 is 0 Å². The van der Waals surface area contributed by atoms with Gasteiger partial charge in [-0.2, -0.15) is 0 Å². The number of hydrogen-bond donors (Lipinski definition) is 2. The summed E-state index contributed by atoms with van der Waals surface area (Å²) in [5, 5.41) is 27.1. The maximum Gasteiger partial charge on any atom is 0.221 e. The molecular formula is C55H55N5O5. The fourth-order valence-electron chi connectivity index (χ4n) is 8.39. The number of ether oxygens (including phenoxy) is 2. The lowest BCUT2D eigenvalue weighted by atomic mass is 9.83. The molecule has 4 aromatic heterocycles. The van der Waals surface area contributed by atoms with Gasteiger partial charge in [-0.05, 0) is 99.8 Å². The van der Waals surface area contributed by atoms with Crippen molar-refractivity contribution in [3.63, 3.8) is 0 Å². The van der Waals surface area contributed by atoms with E-state index in [1.165, 1.54) is 0 Å². The predicted molar refractivity (Wildman–Crippen MR) is 260 cm³/mol. The Labute approximate surface area is 380 Å². The largest absolute Gasteiger partial charge is 0.481 e. The van der Waals surface area contributed by atoms with E-state index in [4.69, 9.17) is 23.9 Å². The van der Waals surface area contributed by atoms with Crippen LogP contribution in [0.3, 0.4) is 0 Å². The number of pyridine rings is 3. The summed E-state index contributed by atoms with van der Waals surface area (Å²) in [7, 11) is 11.3. The molecule has 9 rings (SSSR count). The van der Waals surface area contributed by atoms with Gasteiger partial charge in [-0.3, -0.25) is 4.98 Å². The Hall–Kier alpha value is -6.95. The van der Waals surface area contributed by atoms with Crippen LogP contribution in [0.25, 0.3) is 55.0 Å². The van der Waals surface area contributed by atoms with Crippen molar-refractivity contribution in [1.82, 2.24) is 24.8 Å². The van der Waals surface area contributed by atoms with Crippen molar-refractivity contribution in [2.45, 2.75) is 24.0 Å². The van der Waals surface area contributed by atoms with Crippen molar-refractivity contribution >= 4 is 32.8 Å². The second-order valence-corrected chi connectivity index (χ2v) is 16.8. The van der Waals surface area contributed by atoms with Crippen molar-refractivity contribution in [2.24, 2.45) is 0 Å². The second kappa shape index (κ2) is 19.4. The normalized spacial score (nSPS) is 13.4. The Morgan fingerprint density at radius 3 is 1.52 bits per heavy atom. The first kappa shape index (κ1) is 44.6. The quantitative estimate of drug-likeness (QED) is 0.109. The van der Waals surface area contributed by atoms with Crippen LogP contribution in [0.4, 0.5) is 0 Å². The van der Waals surface area contributed by atoms with Gasteiger partial charge in [0.1, 0.15) is 22.5 Å². The molecule has 0 aliphatic rings. The SMILES string of the molecule is COc1nc2cccc(C(O)(CCN(C)C)c3cc4ccccc4o3)c2cc1-c1ccccc1.COc1nc2cccc(C(O)(CCN(C)C)c3ccccn3)c2cc1-c1ccccc1. The van der Waals surface area contributed by atoms with E-state index in [1.807, 2.05) is 174 Å². The molecule has 0 bridgehead atoms. The molecule has 9 aromatic rings. The average molecular weight is 866 g/mol. The Morgan fingerprint density at radius 1 is 0.538 bits per heavy atom. The monoisotopic (exact) mass is 865 g/mol. The highest BCUT2D eigenvalue weighted by molar-refractivity contribution is 5.91. The summed E-state index contributed by atoms with van der Waals surface area (Å²) in [6.45, 7) is 1.39. The number of benzene rings is 5. The molecule has 0 spiro atoms. The number of nitrogens with zero attached hydrogens (tertiary/aromatic N) is 5. The molecule has 0 aliphatic carbocycles. The molecule has 10 heteroatoms. The van der Waals surface area contributed by atoms with Crippen molar-refractivity contribution in [3.8, 4) is 34.0 Å². The van der Waals surface area contributed by atoms with Gasteiger partial charge in [-0.15, -0.1) is 0 Å². The standard InChI is InChI=1S/C29H28N2O3.C26H27N3O2/c1-31(2)17-16-29(32,27-18-21-12-7-8-15-26(21)34-27)24-13-9-14-25-23(24)19-22(28(30-25)33-3)20-10-5-4-6-11-20;1-29(2)17-15-26(30,24-14-7-8-16-27-24)22-12-9-13-23-21(22)18-20(25(28-23)31-3)19-10-5-4-6-11-19/h4-15,18-19,32H,16-17H2,1-3H3;4-14,16,18,30H,15,17H2,1-3H3. The third-order valence-electron chi connectivity index (χ3n) is 11.9. The molecule has 5 aromatic carbocycles. The summed E-state index contributed by atoms with van der Waals surface area (Å²) in [5.41, 5.74) is 5.65. The van der Waals surface area contributed by atoms with Crippen molar-refractivity contribution in [3.05, 3.63) is 187 Å². The number of rotatable bonds is 14. The second-order valence-electron chi connectivity index (χ2n) is 16.8. The zero-order chi connectivity index (χ0) is 45.6. The van der Waals surface area contributed by atoms with E-state index in [9.17, 15) is 10.2 Å². The van der Waals surface area contributed by atoms with E-state index in [0.717, 1.165) is 66.2 Å². The van der Waals surface area contributed by atoms with E-state index in [0.29, 0.717) is 49.1 Å². The van der Waals surface area contributed by atoms with Crippen LogP contribution < -0.4 is 9.47 Å². The van der Waals surface area contributed by atoms with Crippen molar-refractivity contribution in [2.75, 3.05) is 55.5 Å². The molecule has 10 nitrogen and oxygen atoms in total. The van der Waals surface area contributed by atoms with Gasteiger partial charge in [-0.25, -0.2) is 9.97 Å². The fraction of sp³-hybridized carbons (Fsp3) is 0.218. The summed E-state index contributed by atoms with van der Waals surface area (Å²) in [6.07, 6.45) is 2.69. The van der Waals surface area contributed by atoms with Gasteiger partial charge < -0.3 is 33.9 Å². The van der Waals surface area contributed by atoms with E-state index < -0.39 is 11.2 Å². The summed E-state index contributed by atoms with van der Waals surface area (Å²) in [6, 6.07) is 51.3. The molecule has 330 valence electrons. The number of fused-ring (bicyclic) bond motifs is 3. The predicted octanol–water partition coefficient (Wildman–Crippen LogP) is 10.3. The van der Waals surface area contributed by atoms with E-state index >= 15 is 0 Å². The number of aromatic nitrogens is 3. The van der Waals surface area contributed by atoms with Gasteiger partial charge in [0.15, 0.2) is 0 Å². The number of furan rings is 1. The molecule has 0 aliphatic heterocycles. The molecule has 65 heavy (non-hydrogen) atoms. The van der Waals surface area contributed by atoms with Crippen LogP contribution in [0.5, 0.6) is 11.8 Å². The number of methoxy groups -OCH3 is 2. The van der Waals surface area contributed by atoms with Gasteiger partial charge >= 0.3 is 0 Å². The smallest absolute Gasteiger partial charge is 0.221 e. The molecule has 0 amide bonds. The van der Waals surface area contributed by atoms with Gasteiger partial charge in [0.25, 0.3) is 0 Å². The Bertz CT molecular complexity index is 2980. The first-order valence-corrected chi connectivity index (χ1v) is 21.7. The van der Waals surface area contributed by atoms with E-state index in [1.54, 1.807) is 20.4 Å². The molecule has 4 heterocycles. The minimum Gasteiger partial charge on any atom is -0.481 e. The number of hydrogen-bond acceptors (Lipinski definition) is 10. The Morgan fingerprint density at radius 2 is 1.03 bits per heavy atom. The summed E-state index contributed by atoms with van der Waals surface area (Å²) < 4.78 is 17.5. The minimum absolute atomic E-state index is 0.464. The highest BCUT2D eigenvalue weighted by atomic mass is 16.5. The number of para-hydroxylation sites is 1. The maximum atomic E-state index is 12.3. The van der Waals surface area contributed by atoms with Crippen LogP contribution in [0.1, 0.15) is 35.4 Å². The average Bonchev–Trinajstić information content (AvgIpc) is 3.80. The van der Waals surface area contributed by atoms with Crippen molar-refractivity contribution < 1.29 is 24.1 Å². The molecular weight excluding hydrogens is 811 g/mol.